The van der Waals surface area contributed by atoms with E-state index in [1.807, 2.05) is 4.90 Å². The lowest BCUT2D eigenvalue weighted by molar-refractivity contribution is -0.122. The number of amides is 1. The summed E-state index contributed by atoms with van der Waals surface area (Å²) < 4.78 is 0. The van der Waals surface area contributed by atoms with E-state index in [1.54, 1.807) is 0 Å². The predicted molar refractivity (Wildman–Crippen MR) is 83.1 cm³/mol. The summed E-state index contributed by atoms with van der Waals surface area (Å²) in [7, 11) is 0. The molecule has 0 aliphatic heterocycles. The van der Waals surface area contributed by atoms with Crippen molar-refractivity contribution in [2.45, 2.75) is 57.9 Å². The molecule has 0 radical (unpaired) electrons. The van der Waals surface area contributed by atoms with Gasteiger partial charge in [-0.25, -0.2) is 0 Å². The van der Waals surface area contributed by atoms with Crippen LogP contribution in [-0.2, 0) is 4.79 Å². The number of hydrogen-bond acceptors (Lipinski definition) is 3. The lowest BCUT2D eigenvalue weighted by atomic mass is 10.1. The molecule has 1 fully saturated rings. The van der Waals surface area contributed by atoms with Crippen LogP contribution in [0, 0.1) is 0 Å². The van der Waals surface area contributed by atoms with Gasteiger partial charge in [0.1, 0.15) is 0 Å². The van der Waals surface area contributed by atoms with E-state index < -0.39 is 0 Å². The maximum Gasteiger partial charge on any atom is 0.234 e. The van der Waals surface area contributed by atoms with Crippen LogP contribution in [-0.4, -0.2) is 41.5 Å². The Morgan fingerprint density at radius 2 is 1.89 bits per heavy atom. The number of carbonyl (C=O) groups excluding carboxylic acids is 1. The average molecular weight is 285 g/mol. The molecule has 0 aromatic rings. The van der Waals surface area contributed by atoms with Crippen molar-refractivity contribution in [3.8, 4) is 0 Å². The first kappa shape index (κ1) is 16.4. The van der Waals surface area contributed by atoms with Crippen LogP contribution in [0.4, 0.5) is 0 Å². The number of nitrogens with zero attached hydrogens (tertiary/aromatic N) is 1. The number of nitrogens with two attached hydrogens (primary N) is 1. The van der Waals surface area contributed by atoms with Crippen LogP contribution in [0.15, 0.2) is 0 Å². The Kier molecular flexibility index (Phi) is 7.98. The summed E-state index contributed by atoms with van der Waals surface area (Å²) in [6.07, 6.45) is 8.31. The summed E-state index contributed by atoms with van der Waals surface area (Å²) in [5.41, 5.74) is 5.56. The molecule has 0 atom stereocenters. The second kappa shape index (κ2) is 9.26. The molecule has 0 aromatic heterocycles. The fourth-order valence-electron chi connectivity index (χ4n) is 2.65. The highest BCUT2D eigenvalue weighted by atomic mass is 32.1. The number of carbonyl (C=O) groups is 1. The smallest absolute Gasteiger partial charge is 0.234 e. The van der Waals surface area contributed by atoms with E-state index in [0.29, 0.717) is 24.1 Å². The first-order valence-electron chi connectivity index (χ1n) is 7.41. The van der Waals surface area contributed by atoms with Gasteiger partial charge >= 0.3 is 0 Å². The molecule has 3 N–H and O–H groups in total. The standard InChI is InChI=1S/C14H27N3OS/c1-2-9-17(10-13(15)19)11-14(18)16-12-7-5-3-4-6-8-12/h12H,2-11H2,1H3,(H2,15,19)(H,16,18). The van der Waals surface area contributed by atoms with Gasteiger partial charge in [-0.3, -0.25) is 9.69 Å². The Hall–Kier alpha value is -0.680. The Balaban J connectivity index is 2.35. The van der Waals surface area contributed by atoms with Crippen molar-refractivity contribution < 1.29 is 4.79 Å². The van der Waals surface area contributed by atoms with Gasteiger partial charge < -0.3 is 11.1 Å². The van der Waals surface area contributed by atoms with E-state index in [9.17, 15) is 4.79 Å². The monoisotopic (exact) mass is 285 g/mol. The normalized spacial score (nSPS) is 17.2. The van der Waals surface area contributed by atoms with E-state index in [0.717, 1.165) is 25.8 Å². The Morgan fingerprint density at radius 3 is 2.42 bits per heavy atom. The molecule has 5 heteroatoms. The molecule has 4 nitrogen and oxygen atoms in total. The quantitative estimate of drug-likeness (QED) is 0.553. The first-order valence-corrected chi connectivity index (χ1v) is 7.82. The second-order valence-corrected chi connectivity index (χ2v) is 5.96. The summed E-state index contributed by atoms with van der Waals surface area (Å²) in [6.45, 7) is 3.88. The molecular formula is C14H27N3OS. The molecule has 0 saturated heterocycles. The maximum absolute atomic E-state index is 12.1. The second-order valence-electron chi connectivity index (χ2n) is 5.43. The zero-order valence-corrected chi connectivity index (χ0v) is 12.8. The van der Waals surface area contributed by atoms with Gasteiger partial charge in [0.15, 0.2) is 0 Å². The molecule has 0 heterocycles. The van der Waals surface area contributed by atoms with Gasteiger partial charge in [0, 0.05) is 12.6 Å². The van der Waals surface area contributed by atoms with E-state index in [4.69, 9.17) is 18.0 Å². The lowest BCUT2D eigenvalue weighted by Gasteiger charge is -2.22. The summed E-state index contributed by atoms with van der Waals surface area (Å²) in [6, 6.07) is 0.364. The lowest BCUT2D eigenvalue weighted by Crippen LogP contribution is -2.44. The Morgan fingerprint density at radius 1 is 1.26 bits per heavy atom. The fourth-order valence-corrected chi connectivity index (χ4v) is 2.83. The van der Waals surface area contributed by atoms with Crippen molar-refractivity contribution in [1.29, 1.82) is 0 Å². The minimum Gasteiger partial charge on any atom is -0.392 e. The molecule has 1 aliphatic rings. The fraction of sp³-hybridized carbons (Fsp3) is 0.857. The minimum atomic E-state index is 0.108. The number of thiocarbonyl (C=S) groups is 1. The Labute approximate surface area is 122 Å². The number of nitrogens with one attached hydrogen (secondary N) is 1. The molecule has 1 saturated carbocycles. The van der Waals surface area contributed by atoms with Gasteiger partial charge in [-0.15, -0.1) is 0 Å². The topological polar surface area (TPSA) is 58.4 Å². The van der Waals surface area contributed by atoms with Crippen molar-refractivity contribution in [2.75, 3.05) is 19.6 Å². The van der Waals surface area contributed by atoms with Crippen LogP contribution in [0.1, 0.15) is 51.9 Å². The Bertz CT molecular complexity index is 288. The summed E-state index contributed by atoms with van der Waals surface area (Å²) >= 11 is 4.92. The molecule has 0 spiro atoms. The van der Waals surface area contributed by atoms with Crippen molar-refractivity contribution in [3.05, 3.63) is 0 Å². The maximum atomic E-state index is 12.1. The molecule has 1 amide bonds. The summed E-state index contributed by atoms with van der Waals surface area (Å²) in [5, 5.41) is 3.16. The van der Waals surface area contributed by atoms with Crippen molar-refractivity contribution in [3.63, 3.8) is 0 Å². The molecular weight excluding hydrogens is 258 g/mol. The highest BCUT2D eigenvalue weighted by molar-refractivity contribution is 7.80. The third-order valence-electron chi connectivity index (χ3n) is 3.51. The van der Waals surface area contributed by atoms with Gasteiger partial charge in [0.05, 0.1) is 11.5 Å². The first-order chi connectivity index (χ1) is 9.11. The molecule has 0 unspecified atom stereocenters. The molecule has 1 aliphatic carbocycles. The molecule has 0 aromatic carbocycles. The van der Waals surface area contributed by atoms with Crippen LogP contribution >= 0.6 is 12.2 Å². The van der Waals surface area contributed by atoms with Gasteiger partial charge in [0.2, 0.25) is 5.91 Å². The summed E-state index contributed by atoms with van der Waals surface area (Å²) in [4.78, 5) is 14.5. The average Bonchev–Trinajstić information content (AvgIpc) is 2.56. The van der Waals surface area contributed by atoms with Crippen LogP contribution in [0.2, 0.25) is 0 Å². The van der Waals surface area contributed by atoms with E-state index in [2.05, 4.69) is 12.2 Å². The van der Waals surface area contributed by atoms with Crippen LogP contribution in [0.25, 0.3) is 0 Å². The zero-order valence-electron chi connectivity index (χ0n) is 12.0. The van der Waals surface area contributed by atoms with Gasteiger partial charge in [-0.1, -0.05) is 44.8 Å². The SMILES string of the molecule is CCCN(CC(=O)NC1CCCCCC1)CC(N)=S. The van der Waals surface area contributed by atoms with Crippen molar-refractivity contribution in [1.82, 2.24) is 10.2 Å². The summed E-state index contributed by atoms with van der Waals surface area (Å²) in [5.74, 6) is 0.108. The molecule has 110 valence electrons. The number of rotatable bonds is 7. The largest absolute Gasteiger partial charge is 0.392 e. The third-order valence-corrected chi connectivity index (χ3v) is 3.64. The van der Waals surface area contributed by atoms with Crippen molar-refractivity contribution in [2.24, 2.45) is 5.73 Å². The third kappa shape index (κ3) is 7.47. The molecule has 19 heavy (non-hydrogen) atoms. The van der Waals surface area contributed by atoms with Gasteiger partial charge in [-0.2, -0.15) is 0 Å². The van der Waals surface area contributed by atoms with Gasteiger partial charge in [0.25, 0.3) is 0 Å². The van der Waals surface area contributed by atoms with Crippen LogP contribution in [0.3, 0.4) is 0 Å². The molecule has 1 rings (SSSR count). The zero-order chi connectivity index (χ0) is 14.1. The van der Waals surface area contributed by atoms with E-state index >= 15 is 0 Å². The van der Waals surface area contributed by atoms with Crippen molar-refractivity contribution >= 4 is 23.1 Å². The van der Waals surface area contributed by atoms with E-state index in [1.165, 1.54) is 25.7 Å². The van der Waals surface area contributed by atoms with Gasteiger partial charge in [-0.05, 0) is 25.8 Å². The minimum absolute atomic E-state index is 0.108. The molecule has 0 bridgehead atoms. The van der Waals surface area contributed by atoms with Crippen LogP contribution in [0.5, 0.6) is 0 Å². The predicted octanol–water partition coefficient (Wildman–Crippen LogP) is 1.82. The highest BCUT2D eigenvalue weighted by Crippen LogP contribution is 2.17. The van der Waals surface area contributed by atoms with E-state index in [-0.39, 0.29) is 5.91 Å². The number of hydrogen-bond donors (Lipinski definition) is 2. The van der Waals surface area contributed by atoms with Crippen LogP contribution < -0.4 is 11.1 Å². The highest BCUT2D eigenvalue weighted by Gasteiger charge is 2.16.